The number of aliphatic hydroxyl groups is 1. The van der Waals surface area contributed by atoms with Crippen LogP contribution in [-0.2, 0) is 33.0 Å². The monoisotopic (exact) mass is 827 g/mol. The summed E-state index contributed by atoms with van der Waals surface area (Å²) < 4.78 is 23.7. The zero-order valence-electron chi connectivity index (χ0n) is 35.0. The second-order valence-electron chi connectivity index (χ2n) is 16.0. The van der Waals surface area contributed by atoms with Crippen LogP contribution >= 0.6 is 0 Å². The van der Waals surface area contributed by atoms with Crippen molar-refractivity contribution >= 4 is 42.4 Å². The summed E-state index contributed by atoms with van der Waals surface area (Å²) in [6.45, 7) is 7.16. The van der Waals surface area contributed by atoms with Gasteiger partial charge in [0, 0.05) is 35.8 Å². The maximum Gasteiger partial charge on any atom is 0.264 e. The number of aliphatic hydroxyl groups excluding tert-OH is 1. The quantitative estimate of drug-likeness (QED) is 0.107. The molecule has 1 saturated heterocycles. The number of methoxy groups -OCH3 is 3. The maximum absolute atomic E-state index is 15.5. The lowest BCUT2D eigenvalue weighted by Gasteiger charge is -2.37. The zero-order chi connectivity index (χ0) is 42.6. The van der Waals surface area contributed by atoms with E-state index in [1.807, 2.05) is 84.9 Å². The molecule has 3 amide bonds. The third-order valence-electron chi connectivity index (χ3n) is 12.2. The van der Waals surface area contributed by atoms with Gasteiger partial charge in [0.1, 0.15) is 17.2 Å². The maximum atomic E-state index is 15.5. The smallest absolute Gasteiger partial charge is 0.264 e. The molecule has 4 atom stereocenters. The second kappa shape index (κ2) is 17.7. The van der Waals surface area contributed by atoms with Gasteiger partial charge in [-0.05, 0) is 83.4 Å². The van der Waals surface area contributed by atoms with E-state index in [1.165, 1.54) is 0 Å². The summed E-state index contributed by atoms with van der Waals surface area (Å²) in [7, 11) is 2.24. The van der Waals surface area contributed by atoms with Gasteiger partial charge in [-0.2, -0.15) is 0 Å². The molecule has 12 heteroatoms. The van der Waals surface area contributed by atoms with E-state index in [-0.39, 0.29) is 55.3 Å². The molecule has 0 bridgehead atoms. The van der Waals surface area contributed by atoms with Crippen LogP contribution in [0.2, 0.25) is 18.6 Å². The van der Waals surface area contributed by atoms with Crippen LogP contribution in [0.5, 0.6) is 17.2 Å². The Morgan fingerprint density at radius 3 is 2.10 bits per heavy atom. The van der Waals surface area contributed by atoms with Crippen molar-refractivity contribution in [1.29, 1.82) is 0 Å². The van der Waals surface area contributed by atoms with E-state index >= 15 is 4.79 Å². The van der Waals surface area contributed by atoms with E-state index in [2.05, 4.69) is 37.5 Å². The van der Waals surface area contributed by atoms with Crippen molar-refractivity contribution in [2.45, 2.75) is 56.8 Å². The van der Waals surface area contributed by atoms with E-state index in [4.69, 9.17) is 18.9 Å². The van der Waals surface area contributed by atoms with Crippen LogP contribution in [0.15, 0.2) is 121 Å². The fourth-order valence-corrected chi connectivity index (χ4v) is 13.2. The number of carbonyl (C=O) groups excluding carboxylic acids is 3. The number of benzene rings is 5. The summed E-state index contributed by atoms with van der Waals surface area (Å²) in [6.07, 6.45) is -0.605. The fraction of sp³-hybridized carbons (Fsp3) is 0.312. The number of hydrogen-bond acceptors (Lipinski definition) is 8. The van der Waals surface area contributed by atoms with E-state index in [0.717, 1.165) is 22.1 Å². The van der Waals surface area contributed by atoms with Gasteiger partial charge in [-0.15, -0.1) is 0 Å². The number of amides is 3. The first-order valence-corrected chi connectivity index (χ1v) is 23.3. The summed E-state index contributed by atoms with van der Waals surface area (Å²) in [5.74, 6) is 0.973. The largest absolute Gasteiger partial charge is 0.497 e. The van der Waals surface area contributed by atoms with Crippen molar-refractivity contribution in [3.63, 3.8) is 0 Å². The molecular weight excluding hydrogens is 775 g/mol. The summed E-state index contributed by atoms with van der Waals surface area (Å²) >= 11 is 0. The lowest BCUT2D eigenvalue weighted by atomic mass is 9.82. The molecule has 11 nitrogen and oxygen atoms in total. The molecule has 1 fully saturated rings. The Bertz CT molecular complexity index is 2320. The van der Waals surface area contributed by atoms with Gasteiger partial charge in [0.15, 0.2) is 5.60 Å². The predicted octanol–water partition coefficient (Wildman–Crippen LogP) is 7.14. The van der Waals surface area contributed by atoms with Gasteiger partial charge < -0.3 is 39.2 Å². The molecule has 1 spiro atoms. The molecule has 5 aromatic carbocycles. The van der Waals surface area contributed by atoms with Crippen LogP contribution in [0.25, 0.3) is 0 Å². The number of carbonyl (C=O) groups is 3. The van der Waals surface area contributed by atoms with E-state index in [1.54, 1.807) is 55.4 Å². The summed E-state index contributed by atoms with van der Waals surface area (Å²) in [4.78, 5) is 46.5. The minimum absolute atomic E-state index is 0.0265. The first-order chi connectivity index (χ1) is 28.9. The Morgan fingerprint density at radius 2 is 1.45 bits per heavy atom. The molecule has 0 aromatic heterocycles. The lowest BCUT2D eigenvalue weighted by Crippen LogP contribution is -2.52. The molecule has 0 saturated carbocycles. The topological polar surface area (TPSA) is 127 Å². The Morgan fingerprint density at radius 1 is 0.817 bits per heavy atom. The summed E-state index contributed by atoms with van der Waals surface area (Å²) in [5.41, 5.74) is 2.59. The van der Waals surface area contributed by atoms with Gasteiger partial charge in [0.05, 0.1) is 60.8 Å². The molecule has 5 aromatic rings. The number of fused-ring (bicyclic) bond motifs is 2. The highest BCUT2D eigenvalue weighted by Gasteiger charge is 2.66. The van der Waals surface area contributed by atoms with E-state index in [0.29, 0.717) is 40.5 Å². The molecule has 312 valence electrons. The number of ether oxygens (including phenoxy) is 4. The average molecular weight is 828 g/mol. The van der Waals surface area contributed by atoms with Crippen molar-refractivity contribution in [2.75, 3.05) is 44.7 Å². The minimum atomic E-state index is -2.57. The van der Waals surface area contributed by atoms with Crippen molar-refractivity contribution in [1.82, 2.24) is 4.90 Å². The summed E-state index contributed by atoms with van der Waals surface area (Å²) in [5, 5.41) is 14.2. The minimum Gasteiger partial charge on any atom is -0.497 e. The Hall–Kier alpha value is -5.95. The van der Waals surface area contributed by atoms with Crippen molar-refractivity contribution < 1.29 is 38.4 Å². The lowest BCUT2D eigenvalue weighted by molar-refractivity contribution is -0.150. The molecule has 0 unspecified atom stereocenters. The Balaban J connectivity index is 1.25. The zero-order valence-corrected chi connectivity index (χ0v) is 36.0. The molecule has 2 aliphatic heterocycles. The third-order valence-corrected chi connectivity index (χ3v) is 16.6. The number of nitrogens with one attached hydrogen (secondary N) is 1. The van der Waals surface area contributed by atoms with Crippen LogP contribution in [-0.4, -0.2) is 76.4 Å². The molecule has 0 aliphatic carbocycles. The average Bonchev–Trinajstić information content (AvgIpc) is 3.69. The van der Waals surface area contributed by atoms with Crippen molar-refractivity contribution in [3.8, 4) is 17.2 Å². The van der Waals surface area contributed by atoms with Gasteiger partial charge in [0.2, 0.25) is 5.91 Å². The normalized spacial score (nSPS) is 19.6. The first kappa shape index (κ1) is 42.2. The van der Waals surface area contributed by atoms with E-state index < -0.39 is 19.8 Å². The molecule has 0 radical (unpaired) electrons. The number of anilines is 2. The number of rotatable bonds is 15. The molecule has 2 N–H and O–H groups in total. The molecule has 60 heavy (non-hydrogen) atoms. The van der Waals surface area contributed by atoms with Gasteiger partial charge in [-0.25, -0.2) is 0 Å². The molecule has 2 heterocycles. The van der Waals surface area contributed by atoms with Crippen LogP contribution in [0, 0.1) is 5.92 Å². The highest BCUT2D eigenvalue weighted by molar-refractivity contribution is 6.91. The molecule has 2 aliphatic rings. The standard InChI is InChI=1S/C48H53N3O8Si/c1-32-45(60(5,6)40-22-19-38(57-3)20-23-40)43(29-44(53)50(25-26-52)30-33-11-8-7-9-12-33)59-48(32)41-28-39(58-4)21-24-42(41)51(47(48)55)31-34-13-10-14-36(27-34)49-46(54)35-15-17-37(56-2)18-16-35/h7-24,27-28,32,43,45,52H,25-26,29-31H2,1-6H3,(H,49,54)/t32-,43+,45-,48+/m0/s1. The number of hydrogen-bond donors (Lipinski definition) is 2. The first-order valence-electron chi connectivity index (χ1n) is 20.2. The Kier molecular flexibility index (Phi) is 12.5. The van der Waals surface area contributed by atoms with Gasteiger partial charge in [-0.3, -0.25) is 14.4 Å². The van der Waals surface area contributed by atoms with Crippen LogP contribution < -0.4 is 29.6 Å². The van der Waals surface area contributed by atoms with E-state index in [9.17, 15) is 14.7 Å². The van der Waals surface area contributed by atoms with Crippen LogP contribution in [0.4, 0.5) is 11.4 Å². The number of nitrogens with zero attached hydrogens (tertiary/aromatic N) is 2. The van der Waals surface area contributed by atoms with Gasteiger partial charge >= 0.3 is 0 Å². The third kappa shape index (κ3) is 8.14. The van der Waals surface area contributed by atoms with Crippen LogP contribution in [0.1, 0.15) is 40.4 Å². The van der Waals surface area contributed by atoms with Crippen molar-refractivity contribution in [3.05, 3.63) is 144 Å². The summed E-state index contributed by atoms with van der Waals surface area (Å²) in [6, 6.07) is 37.8. The highest BCUT2D eigenvalue weighted by atomic mass is 28.3. The van der Waals surface area contributed by atoms with Gasteiger partial charge in [0.25, 0.3) is 11.8 Å². The highest BCUT2D eigenvalue weighted by Crippen LogP contribution is 2.60. The van der Waals surface area contributed by atoms with Gasteiger partial charge in [-0.1, -0.05) is 79.8 Å². The molecular formula is C48H53N3O8Si. The van der Waals surface area contributed by atoms with Crippen LogP contribution in [0.3, 0.4) is 0 Å². The SMILES string of the molecule is COc1ccc(C(=O)Nc2cccc(CN3C(=O)[C@]4(O[C@H](CC(=O)N(CCO)Cc5ccccc5)[C@@H]([Si](C)(C)c5ccc(OC)cc5)[C@@H]4C)c4cc(OC)ccc43)c2)cc1. The predicted molar refractivity (Wildman–Crippen MR) is 235 cm³/mol. The Labute approximate surface area is 352 Å². The molecule has 7 rings (SSSR count). The van der Waals surface area contributed by atoms with Crippen molar-refractivity contribution in [2.24, 2.45) is 5.92 Å². The second-order valence-corrected chi connectivity index (χ2v) is 20.7. The fourth-order valence-electron chi connectivity index (χ4n) is 9.17.